The molecule has 0 radical (unpaired) electrons. The fourth-order valence-electron chi connectivity index (χ4n) is 1.03. The molecule has 1 aromatic rings. The summed E-state index contributed by atoms with van der Waals surface area (Å²) in [7, 11) is 1.75. The first-order valence-corrected chi connectivity index (χ1v) is 3.83. The van der Waals surface area contributed by atoms with Gasteiger partial charge in [-0.2, -0.15) is 0 Å². The summed E-state index contributed by atoms with van der Waals surface area (Å²) in [6.45, 7) is 0.462. The van der Waals surface area contributed by atoms with Gasteiger partial charge in [0.25, 0.3) is 0 Å². The summed E-state index contributed by atoms with van der Waals surface area (Å²) >= 11 is 0. The van der Waals surface area contributed by atoms with Crippen molar-refractivity contribution in [3.63, 3.8) is 0 Å². The van der Waals surface area contributed by atoms with Crippen molar-refractivity contribution >= 4 is 0 Å². The summed E-state index contributed by atoms with van der Waals surface area (Å²) < 4.78 is 0. The quantitative estimate of drug-likeness (QED) is 0.479. The van der Waals surface area contributed by atoms with Gasteiger partial charge in [0, 0.05) is 6.54 Å². The van der Waals surface area contributed by atoms with E-state index in [1.807, 2.05) is 0 Å². The van der Waals surface area contributed by atoms with E-state index >= 15 is 0 Å². The van der Waals surface area contributed by atoms with Crippen LogP contribution in [0.25, 0.3) is 0 Å². The molecule has 0 fully saturated rings. The van der Waals surface area contributed by atoms with Crippen molar-refractivity contribution in [2.45, 2.75) is 6.10 Å². The first-order valence-electron chi connectivity index (χ1n) is 3.83. The van der Waals surface area contributed by atoms with Crippen LogP contribution in [0.5, 0.6) is 5.75 Å². The van der Waals surface area contributed by atoms with Gasteiger partial charge in [0.05, 0.1) is 6.10 Å². The Kier molecular flexibility index (Phi) is 5.85. The fraction of sp³-hybridized carbons (Fsp3) is 0.333. The average molecular weight is 173 g/mol. The van der Waals surface area contributed by atoms with Gasteiger partial charge in [-0.05, 0) is 12.6 Å². The molecule has 2 N–H and O–H groups in total. The predicted molar refractivity (Wildman–Crippen MR) is 44.8 cm³/mol. The first-order chi connectivity index (χ1) is 5.74. The van der Waals surface area contributed by atoms with Gasteiger partial charge >= 0.3 is 18.9 Å². The van der Waals surface area contributed by atoms with Crippen molar-refractivity contribution in [1.82, 2.24) is 5.32 Å². The van der Waals surface area contributed by atoms with Crippen molar-refractivity contribution in [2.75, 3.05) is 13.6 Å². The van der Waals surface area contributed by atoms with Crippen LogP contribution in [0.1, 0.15) is 11.7 Å². The molecule has 0 saturated carbocycles. The van der Waals surface area contributed by atoms with Crippen molar-refractivity contribution < 1.29 is 29.1 Å². The Morgan fingerprint density at radius 3 is 2.77 bits per heavy atom. The molecule has 0 aromatic heterocycles. The molecule has 3 nitrogen and oxygen atoms in total. The Bertz CT molecular complexity index is 255. The number of likely N-dealkylation sites (N-methyl/N-ethyl adjacent to an activating group) is 1. The number of hydrogen-bond acceptors (Lipinski definition) is 3. The Morgan fingerprint density at radius 1 is 1.54 bits per heavy atom. The second-order valence-corrected chi connectivity index (χ2v) is 2.65. The van der Waals surface area contributed by atoms with Crippen LogP contribution in [-0.4, -0.2) is 18.7 Å². The molecule has 0 bridgehead atoms. The average Bonchev–Trinajstić information content (AvgIpc) is 2.05. The first kappa shape index (κ1) is 12.5. The van der Waals surface area contributed by atoms with Crippen LogP contribution in [0.15, 0.2) is 24.3 Å². The minimum Gasteiger partial charge on any atom is -0.872 e. The smallest absolute Gasteiger partial charge is 0.872 e. The molecule has 1 unspecified atom stereocenters. The standard InChI is InChI=1S/C9H13NO2.Li/c1-10-6-9(12)7-3-2-4-8(11)5-7;/h2-5,9-12H,6H2,1H3;/q;+1/p-1. The normalized spacial score (nSPS) is 11.8. The van der Waals surface area contributed by atoms with Gasteiger partial charge in [-0.25, -0.2) is 0 Å². The number of nitrogens with one attached hydrogen (secondary N) is 1. The minimum atomic E-state index is -0.594. The molecule has 0 spiro atoms. The van der Waals surface area contributed by atoms with Crippen molar-refractivity contribution in [3.05, 3.63) is 29.8 Å². The van der Waals surface area contributed by atoms with Crippen LogP contribution in [0.3, 0.4) is 0 Å². The molecule has 13 heavy (non-hydrogen) atoms. The van der Waals surface area contributed by atoms with Crippen molar-refractivity contribution in [3.8, 4) is 5.75 Å². The summed E-state index contributed by atoms with van der Waals surface area (Å²) in [6.07, 6.45) is -0.594. The number of hydrogen-bond donors (Lipinski definition) is 2. The molecular formula is C9H12LiNO2. The maximum Gasteiger partial charge on any atom is 1.00 e. The van der Waals surface area contributed by atoms with Crippen molar-refractivity contribution in [2.24, 2.45) is 0 Å². The van der Waals surface area contributed by atoms with E-state index < -0.39 is 6.10 Å². The summed E-state index contributed by atoms with van der Waals surface area (Å²) in [5.74, 6) is -0.0670. The number of benzene rings is 1. The SMILES string of the molecule is CNCC(O)c1cccc([O-])c1.[Li+]. The molecule has 66 valence electrons. The van der Waals surface area contributed by atoms with E-state index in [1.165, 1.54) is 12.1 Å². The second-order valence-electron chi connectivity index (χ2n) is 2.65. The summed E-state index contributed by atoms with van der Waals surface area (Å²) in [6, 6.07) is 6.30. The molecule has 0 aliphatic heterocycles. The number of aliphatic hydroxyl groups excluding tert-OH is 1. The summed E-state index contributed by atoms with van der Waals surface area (Å²) in [4.78, 5) is 0. The maximum absolute atomic E-state index is 10.9. The molecule has 0 aliphatic rings. The van der Waals surface area contributed by atoms with Crippen LogP contribution in [0.4, 0.5) is 0 Å². The fourth-order valence-corrected chi connectivity index (χ4v) is 1.03. The zero-order valence-corrected chi connectivity index (χ0v) is 7.95. The van der Waals surface area contributed by atoms with Gasteiger partial charge < -0.3 is 15.5 Å². The second kappa shape index (κ2) is 6.06. The summed E-state index contributed by atoms with van der Waals surface area (Å²) in [5.41, 5.74) is 0.664. The third-order valence-corrected chi connectivity index (χ3v) is 1.64. The van der Waals surface area contributed by atoms with Gasteiger partial charge in [0.15, 0.2) is 0 Å². The minimum absolute atomic E-state index is 0. The Labute approximate surface area is 90.0 Å². The van der Waals surface area contributed by atoms with E-state index in [2.05, 4.69) is 5.32 Å². The van der Waals surface area contributed by atoms with Gasteiger partial charge in [0.2, 0.25) is 0 Å². The molecular weight excluding hydrogens is 161 g/mol. The van der Waals surface area contributed by atoms with E-state index in [0.717, 1.165) is 0 Å². The Morgan fingerprint density at radius 2 is 2.23 bits per heavy atom. The number of aliphatic hydroxyl groups is 1. The molecule has 0 amide bonds. The van der Waals surface area contributed by atoms with E-state index in [9.17, 15) is 10.2 Å². The number of rotatable bonds is 3. The zero-order chi connectivity index (χ0) is 8.97. The molecule has 1 rings (SSSR count). The molecule has 4 heteroatoms. The van der Waals surface area contributed by atoms with Crippen LogP contribution in [0.2, 0.25) is 0 Å². The molecule has 0 aliphatic carbocycles. The monoisotopic (exact) mass is 173 g/mol. The molecule has 1 atom stereocenters. The molecule has 0 saturated heterocycles. The Balaban J connectivity index is 0.00000144. The third kappa shape index (κ3) is 3.84. The van der Waals surface area contributed by atoms with Crippen LogP contribution in [-0.2, 0) is 0 Å². The van der Waals surface area contributed by atoms with Gasteiger partial charge in [-0.15, -0.1) is 5.75 Å². The van der Waals surface area contributed by atoms with Crippen LogP contribution in [0, 0.1) is 0 Å². The zero-order valence-electron chi connectivity index (χ0n) is 7.95. The topological polar surface area (TPSA) is 55.3 Å². The van der Waals surface area contributed by atoms with Gasteiger partial charge in [0.1, 0.15) is 0 Å². The van der Waals surface area contributed by atoms with Crippen LogP contribution < -0.4 is 29.3 Å². The maximum atomic E-state index is 10.9. The predicted octanol–water partition coefficient (Wildman–Crippen LogP) is -2.98. The van der Waals surface area contributed by atoms with Gasteiger partial charge in [-0.3, -0.25) is 0 Å². The molecule has 1 aromatic carbocycles. The van der Waals surface area contributed by atoms with Crippen LogP contribution >= 0.6 is 0 Å². The van der Waals surface area contributed by atoms with E-state index in [4.69, 9.17) is 0 Å². The molecule has 0 heterocycles. The summed E-state index contributed by atoms with van der Waals surface area (Å²) in [5, 5.41) is 23.1. The van der Waals surface area contributed by atoms with Crippen molar-refractivity contribution in [1.29, 1.82) is 0 Å². The van der Waals surface area contributed by atoms with E-state index in [1.54, 1.807) is 19.2 Å². The van der Waals surface area contributed by atoms with Gasteiger partial charge in [-0.1, -0.05) is 24.3 Å². The Hall–Kier alpha value is -0.463. The van der Waals surface area contributed by atoms with E-state index in [-0.39, 0.29) is 24.6 Å². The van der Waals surface area contributed by atoms with E-state index in [0.29, 0.717) is 12.1 Å². The third-order valence-electron chi connectivity index (χ3n) is 1.64. The largest absolute Gasteiger partial charge is 1.00 e.